The van der Waals surface area contributed by atoms with Crippen molar-refractivity contribution in [2.45, 2.75) is 26.7 Å². The molecule has 0 aromatic heterocycles. The van der Waals surface area contributed by atoms with Gasteiger partial charge in [-0.25, -0.2) is 0 Å². The predicted molar refractivity (Wildman–Crippen MR) is 168 cm³/mol. The van der Waals surface area contributed by atoms with E-state index in [1.54, 1.807) is 36.4 Å². The molecule has 0 aliphatic carbocycles. The zero-order chi connectivity index (χ0) is 29.4. The van der Waals surface area contributed by atoms with Gasteiger partial charge < -0.3 is 25.5 Å². The standard InChI is InChI=1S/C35H33O5P/c1-19-13-23(7-11-30(19)37)25-14-20(2)34(39)28(16-25)33(22-5-9-27(36)10-6-22)29-17-26(15-21(3)35(29)40)24-8-12-31(38)32(18-24)41-4/h5-18,33,36-41H,1-4H3. The smallest absolute Gasteiger partial charge is 0.122 e. The van der Waals surface area contributed by atoms with Crippen LogP contribution in [-0.2, 0) is 0 Å². The molecule has 0 amide bonds. The van der Waals surface area contributed by atoms with Crippen LogP contribution < -0.4 is 5.30 Å². The number of phenolic OH excluding ortho intramolecular Hbond substituents is 5. The van der Waals surface area contributed by atoms with Crippen molar-refractivity contribution >= 4 is 13.9 Å². The quantitative estimate of drug-likeness (QED) is 0.108. The first-order valence-corrected chi connectivity index (χ1v) is 14.8. The zero-order valence-electron chi connectivity index (χ0n) is 23.4. The van der Waals surface area contributed by atoms with Gasteiger partial charge in [-0.15, -0.1) is 0 Å². The monoisotopic (exact) mass is 564 g/mol. The maximum Gasteiger partial charge on any atom is 0.122 e. The summed E-state index contributed by atoms with van der Waals surface area (Å²) in [4.78, 5) is 0. The van der Waals surface area contributed by atoms with Crippen molar-refractivity contribution in [2.24, 2.45) is 0 Å². The topological polar surface area (TPSA) is 101 Å². The molecule has 5 aromatic carbocycles. The number of aromatic hydroxyl groups is 5. The first-order chi connectivity index (χ1) is 19.6. The van der Waals surface area contributed by atoms with Crippen LogP contribution in [0.4, 0.5) is 0 Å². The number of rotatable bonds is 6. The fraction of sp³-hybridized carbons (Fsp3) is 0.143. The maximum atomic E-state index is 11.5. The lowest BCUT2D eigenvalue weighted by atomic mass is 9.80. The summed E-state index contributed by atoms with van der Waals surface area (Å²) in [7, 11) is 0.419. The van der Waals surface area contributed by atoms with E-state index in [2.05, 4.69) is 0 Å². The van der Waals surface area contributed by atoms with Crippen LogP contribution in [0.5, 0.6) is 28.7 Å². The normalized spacial score (nSPS) is 12.2. The van der Waals surface area contributed by atoms with Crippen molar-refractivity contribution in [3.05, 3.63) is 118 Å². The van der Waals surface area contributed by atoms with Crippen molar-refractivity contribution in [3.8, 4) is 51.0 Å². The van der Waals surface area contributed by atoms with E-state index in [1.807, 2.05) is 76.0 Å². The Morgan fingerprint density at radius 3 is 1.51 bits per heavy atom. The maximum absolute atomic E-state index is 11.5. The molecule has 5 aromatic rings. The average Bonchev–Trinajstić information content (AvgIpc) is 2.95. The molecule has 0 saturated heterocycles. The highest BCUT2D eigenvalue weighted by Gasteiger charge is 2.26. The lowest BCUT2D eigenvalue weighted by molar-refractivity contribution is 0.454. The van der Waals surface area contributed by atoms with Gasteiger partial charge in [0.15, 0.2) is 0 Å². The lowest BCUT2D eigenvalue weighted by Gasteiger charge is -2.24. The number of hydrogen-bond donors (Lipinski definition) is 5. The summed E-state index contributed by atoms with van der Waals surface area (Å²) < 4.78 is 0. The molecule has 0 aliphatic heterocycles. The summed E-state index contributed by atoms with van der Waals surface area (Å²) in [5.41, 5.74) is 7.62. The van der Waals surface area contributed by atoms with Gasteiger partial charge in [0.05, 0.1) is 0 Å². The summed E-state index contributed by atoms with van der Waals surface area (Å²) in [5, 5.41) is 54.2. The Morgan fingerprint density at radius 1 is 0.512 bits per heavy atom. The van der Waals surface area contributed by atoms with E-state index in [-0.39, 0.29) is 28.7 Å². The molecule has 0 fully saturated rings. The van der Waals surface area contributed by atoms with E-state index in [1.165, 1.54) is 0 Å². The van der Waals surface area contributed by atoms with Gasteiger partial charge in [-0.3, -0.25) is 0 Å². The highest BCUT2D eigenvalue weighted by atomic mass is 31.1. The van der Waals surface area contributed by atoms with Gasteiger partial charge in [0, 0.05) is 22.3 Å². The van der Waals surface area contributed by atoms with Crippen LogP contribution in [0.25, 0.3) is 22.3 Å². The Labute approximate surface area is 241 Å². The highest BCUT2D eigenvalue weighted by Crippen LogP contribution is 2.46. The number of aryl methyl sites for hydroxylation is 3. The van der Waals surface area contributed by atoms with Crippen molar-refractivity contribution in [1.82, 2.24) is 0 Å². The molecular weight excluding hydrogens is 531 g/mol. The summed E-state index contributed by atoms with van der Waals surface area (Å²) in [6.07, 6.45) is 0. The van der Waals surface area contributed by atoms with Crippen molar-refractivity contribution in [2.75, 3.05) is 6.66 Å². The highest BCUT2D eigenvalue weighted by molar-refractivity contribution is 7.46. The summed E-state index contributed by atoms with van der Waals surface area (Å²) >= 11 is 0. The van der Waals surface area contributed by atoms with Crippen LogP contribution in [0.2, 0.25) is 0 Å². The van der Waals surface area contributed by atoms with Gasteiger partial charge in [-0.05, 0) is 133 Å². The van der Waals surface area contributed by atoms with E-state index in [4.69, 9.17) is 0 Å². The second-order valence-electron chi connectivity index (χ2n) is 10.5. The largest absolute Gasteiger partial charge is 0.508 e. The third kappa shape index (κ3) is 5.46. The predicted octanol–water partition coefficient (Wildman–Crippen LogP) is 7.59. The molecule has 2 unspecified atom stereocenters. The summed E-state index contributed by atoms with van der Waals surface area (Å²) in [6.45, 7) is 7.54. The SMILES string of the molecule is CPc1cc(-c2cc(C)c(O)c(C(c3ccc(O)cc3)c3cc(-c4ccc(O)c(C)c4)cc(C)c3O)c2)ccc1O. The minimum Gasteiger partial charge on any atom is -0.508 e. The number of phenols is 5. The molecule has 0 aliphatic rings. The van der Waals surface area contributed by atoms with E-state index >= 15 is 0 Å². The van der Waals surface area contributed by atoms with Gasteiger partial charge in [0.2, 0.25) is 0 Å². The van der Waals surface area contributed by atoms with Gasteiger partial charge in [0.1, 0.15) is 28.7 Å². The Morgan fingerprint density at radius 2 is 1.00 bits per heavy atom. The fourth-order valence-corrected chi connectivity index (χ4v) is 5.97. The minimum atomic E-state index is -0.573. The van der Waals surface area contributed by atoms with Crippen LogP contribution in [0, 0.1) is 20.8 Å². The van der Waals surface area contributed by atoms with Crippen LogP contribution >= 0.6 is 8.58 Å². The Bertz CT molecular complexity index is 1760. The van der Waals surface area contributed by atoms with Crippen LogP contribution in [0.15, 0.2) is 84.9 Å². The number of benzene rings is 5. The van der Waals surface area contributed by atoms with Crippen molar-refractivity contribution in [1.29, 1.82) is 0 Å². The molecular formula is C35H33O5P. The third-order valence-corrected chi connectivity index (χ3v) is 8.58. The summed E-state index contributed by atoms with van der Waals surface area (Å²) in [5.74, 6) is 0.247. The minimum absolute atomic E-state index is 0.115. The molecule has 0 bridgehead atoms. The van der Waals surface area contributed by atoms with E-state index in [9.17, 15) is 25.5 Å². The zero-order valence-corrected chi connectivity index (χ0v) is 24.4. The van der Waals surface area contributed by atoms with Gasteiger partial charge in [-0.2, -0.15) is 0 Å². The Hall–Kier alpha value is -4.47. The Kier molecular flexibility index (Phi) is 7.66. The van der Waals surface area contributed by atoms with Crippen LogP contribution in [-0.4, -0.2) is 32.2 Å². The molecule has 5 nitrogen and oxygen atoms in total. The third-order valence-electron chi connectivity index (χ3n) is 7.64. The molecule has 6 heteroatoms. The second-order valence-corrected chi connectivity index (χ2v) is 11.5. The molecule has 208 valence electrons. The summed E-state index contributed by atoms with van der Waals surface area (Å²) in [6, 6.07) is 25.4. The van der Waals surface area contributed by atoms with Crippen molar-refractivity contribution < 1.29 is 25.5 Å². The van der Waals surface area contributed by atoms with Crippen LogP contribution in [0.1, 0.15) is 39.3 Å². The average molecular weight is 565 g/mol. The molecule has 41 heavy (non-hydrogen) atoms. The van der Waals surface area contributed by atoms with Gasteiger partial charge in [-0.1, -0.05) is 32.8 Å². The molecule has 5 N–H and O–H groups in total. The van der Waals surface area contributed by atoms with Gasteiger partial charge in [0.25, 0.3) is 0 Å². The Balaban J connectivity index is 1.77. The molecule has 2 atom stereocenters. The van der Waals surface area contributed by atoms with Crippen LogP contribution in [0.3, 0.4) is 0 Å². The molecule has 0 saturated carbocycles. The first kappa shape index (κ1) is 28.1. The van der Waals surface area contributed by atoms with E-state index in [0.29, 0.717) is 30.8 Å². The first-order valence-electron chi connectivity index (χ1n) is 13.3. The lowest BCUT2D eigenvalue weighted by Crippen LogP contribution is -2.07. The van der Waals surface area contributed by atoms with Gasteiger partial charge >= 0.3 is 0 Å². The molecule has 0 heterocycles. The van der Waals surface area contributed by atoms with E-state index < -0.39 is 5.92 Å². The van der Waals surface area contributed by atoms with E-state index in [0.717, 1.165) is 38.7 Å². The molecule has 0 spiro atoms. The number of hydrogen-bond acceptors (Lipinski definition) is 5. The molecule has 0 radical (unpaired) electrons. The second kappa shape index (κ2) is 11.2. The van der Waals surface area contributed by atoms with Crippen molar-refractivity contribution in [3.63, 3.8) is 0 Å². The molecule has 5 rings (SSSR count). The fourth-order valence-electron chi connectivity index (χ4n) is 5.33.